The lowest BCUT2D eigenvalue weighted by Gasteiger charge is -2.21. The highest BCUT2D eigenvalue weighted by atomic mass is 16.5. The molecule has 1 saturated heterocycles. The zero-order valence-electron chi connectivity index (χ0n) is 10.9. The van der Waals surface area contributed by atoms with Crippen molar-refractivity contribution in [1.82, 2.24) is 0 Å². The van der Waals surface area contributed by atoms with Crippen LogP contribution in [-0.4, -0.2) is 25.6 Å². The Bertz CT molecular complexity index is 394. The summed E-state index contributed by atoms with van der Waals surface area (Å²) in [6.45, 7) is 0.798. The fourth-order valence-electron chi connectivity index (χ4n) is 2.36. The van der Waals surface area contributed by atoms with Gasteiger partial charge in [0, 0.05) is 25.0 Å². The highest BCUT2D eigenvalue weighted by Crippen LogP contribution is 2.21. The molecule has 3 nitrogen and oxygen atoms in total. The van der Waals surface area contributed by atoms with Crippen LogP contribution in [0.2, 0.25) is 0 Å². The van der Waals surface area contributed by atoms with Gasteiger partial charge in [0.25, 0.3) is 0 Å². The lowest BCUT2D eigenvalue weighted by molar-refractivity contribution is -0.122. The van der Waals surface area contributed by atoms with Crippen molar-refractivity contribution >= 4 is 5.78 Å². The Kier molecular flexibility index (Phi) is 4.76. The molecule has 1 aliphatic heterocycles. The van der Waals surface area contributed by atoms with Crippen LogP contribution in [-0.2, 0) is 16.0 Å². The van der Waals surface area contributed by atoms with Crippen molar-refractivity contribution < 1.29 is 14.3 Å². The molecule has 0 radical (unpaired) electrons. The number of rotatable bonds is 5. The molecule has 1 aromatic rings. The van der Waals surface area contributed by atoms with Crippen molar-refractivity contribution in [1.29, 1.82) is 0 Å². The zero-order chi connectivity index (χ0) is 12.8. The normalized spacial score (nSPS) is 19.5. The van der Waals surface area contributed by atoms with Gasteiger partial charge in [0.05, 0.1) is 13.2 Å². The van der Waals surface area contributed by atoms with E-state index in [0.29, 0.717) is 12.8 Å². The highest BCUT2D eigenvalue weighted by Gasteiger charge is 2.18. The number of ketones is 1. The number of Topliss-reactive ketones (excluding diaryl/α,β-unsaturated/α-hetero) is 1. The maximum Gasteiger partial charge on any atom is 0.139 e. The van der Waals surface area contributed by atoms with Gasteiger partial charge in [-0.05, 0) is 25.3 Å². The third-order valence-electron chi connectivity index (χ3n) is 3.31. The van der Waals surface area contributed by atoms with Gasteiger partial charge in [0.2, 0.25) is 0 Å². The van der Waals surface area contributed by atoms with Gasteiger partial charge in [0.15, 0.2) is 0 Å². The monoisotopic (exact) mass is 248 g/mol. The molecule has 1 fully saturated rings. The number of hydrogen-bond acceptors (Lipinski definition) is 3. The number of hydrogen-bond donors (Lipinski definition) is 0. The van der Waals surface area contributed by atoms with Crippen LogP contribution in [0, 0.1) is 0 Å². The molecular formula is C15H20O3. The Balaban J connectivity index is 1.90. The average Bonchev–Trinajstić information content (AvgIpc) is 2.40. The van der Waals surface area contributed by atoms with Gasteiger partial charge >= 0.3 is 0 Å². The Morgan fingerprint density at radius 1 is 1.39 bits per heavy atom. The molecule has 1 unspecified atom stereocenters. The summed E-state index contributed by atoms with van der Waals surface area (Å²) < 4.78 is 10.8. The van der Waals surface area contributed by atoms with E-state index in [9.17, 15) is 4.79 Å². The predicted molar refractivity (Wildman–Crippen MR) is 69.9 cm³/mol. The van der Waals surface area contributed by atoms with Crippen LogP contribution in [0.1, 0.15) is 31.2 Å². The lowest BCUT2D eigenvalue weighted by atomic mass is 10.00. The molecule has 0 amide bonds. The number of carbonyl (C=O) groups is 1. The average molecular weight is 248 g/mol. The molecule has 0 saturated carbocycles. The molecule has 0 bridgehead atoms. The molecule has 98 valence electrons. The molecule has 1 atom stereocenters. The molecule has 2 rings (SSSR count). The fraction of sp³-hybridized carbons (Fsp3) is 0.533. The van der Waals surface area contributed by atoms with E-state index in [2.05, 4.69) is 0 Å². The van der Waals surface area contributed by atoms with Gasteiger partial charge in [-0.1, -0.05) is 18.2 Å². The van der Waals surface area contributed by atoms with Crippen LogP contribution in [0.5, 0.6) is 5.75 Å². The third kappa shape index (κ3) is 3.57. The number of methoxy groups -OCH3 is 1. The van der Waals surface area contributed by atoms with Gasteiger partial charge in [-0.25, -0.2) is 0 Å². The van der Waals surface area contributed by atoms with Crippen LogP contribution in [0.4, 0.5) is 0 Å². The quantitative estimate of drug-likeness (QED) is 0.803. The summed E-state index contributed by atoms with van der Waals surface area (Å²) in [4.78, 5) is 12.0. The minimum absolute atomic E-state index is 0.126. The maximum atomic E-state index is 12.0. The molecule has 0 aliphatic carbocycles. The van der Waals surface area contributed by atoms with Crippen LogP contribution in [0.25, 0.3) is 0 Å². The molecule has 1 aliphatic rings. The molecular weight excluding hydrogens is 228 g/mol. The van der Waals surface area contributed by atoms with Crippen molar-refractivity contribution in [2.75, 3.05) is 13.7 Å². The van der Waals surface area contributed by atoms with Gasteiger partial charge in [-0.2, -0.15) is 0 Å². The zero-order valence-corrected chi connectivity index (χ0v) is 10.9. The third-order valence-corrected chi connectivity index (χ3v) is 3.31. The standard InChI is InChI=1S/C15H20O3/c1-17-15-8-3-2-6-12(15)10-13(16)11-14-7-4-5-9-18-14/h2-3,6,8,14H,4-5,7,9-11H2,1H3. The number of para-hydroxylation sites is 1. The summed E-state index contributed by atoms with van der Waals surface area (Å²) in [6.07, 6.45) is 4.39. The summed E-state index contributed by atoms with van der Waals surface area (Å²) in [5.41, 5.74) is 0.959. The topological polar surface area (TPSA) is 35.5 Å². The molecule has 0 aromatic heterocycles. The van der Waals surface area contributed by atoms with Crippen molar-refractivity contribution in [3.8, 4) is 5.75 Å². The summed E-state index contributed by atoms with van der Waals surface area (Å²) in [6, 6.07) is 7.68. The van der Waals surface area contributed by atoms with E-state index in [1.165, 1.54) is 6.42 Å². The fourth-order valence-corrected chi connectivity index (χ4v) is 2.36. The van der Waals surface area contributed by atoms with Crippen LogP contribution >= 0.6 is 0 Å². The van der Waals surface area contributed by atoms with E-state index in [1.54, 1.807) is 7.11 Å². The van der Waals surface area contributed by atoms with Gasteiger partial charge in [-0.15, -0.1) is 0 Å². The molecule has 18 heavy (non-hydrogen) atoms. The van der Waals surface area contributed by atoms with E-state index < -0.39 is 0 Å². The first kappa shape index (κ1) is 13.1. The van der Waals surface area contributed by atoms with Crippen molar-refractivity contribution in [2.24, 2.45) is 0 Å². The summed E-state index contributed by atoms with van der Waals surface area (Å²) in [7, 11) is 1.63. The highest BCUT2D eigenvalue weighted by molar-refractivity contribution is 5.82. The number of ether oxygens (including phenoxy) is 2. The SMILES string of the molecule is COc1ccccc1CC(=O)CC1CCCCO1. The first-order valence-electron chi connectivity index (χ1n) is 6.55. The molecule has 0 N–H and O–H groups in total. The Morgan fingerprint density at radius 2 is 2.22 bits per heavy atom. The molecule has 0 spiro atoms. The van der Waals surface area contributed by atoms with Gasteiger partial charge in [0.1, 0.15) is 11.5 Å². The number of carbonyl (C=O) groups excluding carboxylic acids is 1. The number of benzene rings is 1. The van der Waals surface area contributed by atoms with Crippen molar-refractivity contribution in [3.63, 3.8) is 0 Å². The molecule has 3 heteroatoms. The minimum atomic E-state index is 0.126. The largest absolute Gasteiger partial charge is 0.496 e. The Morgan fingerprint density at radius 3 is 2.94 bits per heavy atom. The van der Waals surface area contributed by atoms with Crippen LogP contribution in [0.3, 0.4) is 0 Å². The Labute approximate surface area is 108 Å². The second-order valence-corrected chi connectivity index (χ2v) is 4.72. The second kappa shape index (κ2) is 6.55. The van der Waals surface area contributed by atoms with E-state index in [0.717, 1.165) is 30.8 Å². The van der Waals surface area contributed by atoms with Crippen molar-refractivity contribution in [2.45, 2.75) is 38.2 Å². The predicted octanol–water partition coefficient (Wildman–Crippen LogP) is 2.77. The lowest BCUT2D eigenvalue weighted by Crippen LogP contribution is -2.23. The van der Waals surface area contributed by atoms with Crippen LogP contribution < -0.4 is 4.74 Å². The van der Waals surface area contributed by atoms with E-state index in [1.807, 2.05) is 24.3 Å². The van der Waals surface area contributed by atoms with Crippen molar-refractivity contribution in [3.05, 3.63) is 29.8 Å². The Hall–Kier alpha value is -1.35. The maximum absolute atomic E-state index is 12.0. The van der Waals surface area contributed by atoms with Gasteiger partial charge in [-0.3, -0.25) is 4.79 Å². The van der Waals surface area contributed by atoms with Crippen LogP contribution in [0.15, 0.2) is 24.3 Å². The van der Waals surface area contributed by atoms with E-state index >= 15 is 0 Å². The molecule has 1 aromatic carbocycles. The summed E-state index contributed by atoms with van der Waals surface area (Å²) >= 11 is 0. The van der Waals surface area contributed by atoms with E-state index in [-0.39, 0.29) is 11.9 Å². The summed E-state index contributed by atoms with van der Waals surface area (Å²) in [5.74, 6) is 1.02. The smallest absolute Gasteiger partial charge is 0.139 e. The van der Waals surface area contributed by atoms with E-state index in [4.69, 9.17) is 9.47 Å². The molecule has 1 heterocycles. The first-order valence-corrected chi connectivity index (χ1v) is 6.55. The summed E-state index contributed by atoms with van der Waals surface area (Å²) in [5, 5.41) is 0. The second-order valence-electron chi connectivity index (χ2n) is 4.72. The van der Waals surface area contributed by atoms with Gasteiger partial charge < -0.3 is 9.47 Å². The first-order chi connectivity index (χ1) is 8.79. The minimum Gasteiger partial charge on any atom is -0.496 e.